The minimum atomic E-state index is -0.938. The van der Waals surface area contributed by atoms with E-state index in [1.165, 1.54) is 0 Å². The van der Waals surface area contributed by atoms with Crippen LogP contribution in [-0.2, 0) is 32.0 Å². The predicted molar refractivity (Wildman–Crippen MR) is 118 cm³/mol. The zero-order valence-electron chi connectivity index (χ0n) is 18.5. The zero-order chi connectivity index (χ0) is 22.4. The molecule has 7 nitrogen and oxygen atoms in total. The number of nitrogens with zero attached hydrogens (tertiary/aromatic N) is 1. The summed E-state index contributed by atoms with van der Waals surface area (Å²) in [6, 6.07) is 15.1. The Morgan fingerprint density at radius 1 is 1.10 bits per heavy atom. The van der Waals surface area contributed by atoms with Crippen molar-refractivity contribution in [2.45, 2.75) is 44.6 Å². The van der Waals surface area contributed by atoms with E-state index in [0.717, 1.165) is 16.9 Å². The Bertz CT molecular complexity index is 910. The number of amides is 2. The van der Waals surface area contributed by atoms with Crippen LogP contribution in [0.25, 0.3) is 0 Å². The van der Waals surface area contributed by atoms with Crippen molar-refractivity contribution >= 4 is 17.5 Å². The molecule has 1 atom stereocenters. The first-order valence-electron chi connectivity index (χ1n) is 10.3. The molecule has 1 aliphatic rings. The number of hydrogen-bond donors (Lipinski definition) is 1. The smallest absolute Gasteiger partial charge is 0.250 e. The lowest BCUT2D eigenvalue weighted by molar-refractivity contribution is -0.138. The van der Waals surface area contributed by atoms with Gasteiger partial charge in [-0.05, 0) is 42.7 Å². The number of rotatable bonds is 9. The molecule has 1 heterocycles. The van der Waals surface area contributed by atoms with Crippen molar-refractivity contribution in [2.75, 3.05) is 26.6 Å². The van der Waals surface area contributed by atoms with Gasteiger partial charge in [0.15, 0.2) is 6.29 Å². The minimum Gasteiger partial charge on any atom is -0.497 e. The average Bonchev–Trinajstić information content (AvgIpc) is 3.08. The summed E-state index contributed by atoms with van der Waals surface area (Å²) < 4.78 is 15.8. The molecule has 0 spiro atoms. The van der Waals surface area contributed by atoms with Crippen molar-refractivity contribution in [3.63, 3.8) is 0 Å². The molecule has 7 heteroatoms. The van der Waals surface area contributed by atoms with Crippen molar-refractivity contribution in [1.29, 1.82) is 0 Å². The number of methoxy groups -OCH3 is 3. The van der Waals surface area contributed by atoms with Gasteiger partial charge in [0, 0.05) is 39.3 Å². The molecule has 1 unspecified atom stereocenters. The number of likely N-dealkylation sites (tertiary alicyclic amines) is 1. The normalized spacial score (nSPS) is 18.5. The third-order valence-electron chi connectivity index (χ3n) is 5.89. The van der Waals surface area contributed by atoms with Gasteiger partial charge in [0.2, 0.25) is 11.8 Å². The van der Waals surface area contributed by atoms with Crippen LogP contribution in [0.15, 0.2) is 48.5 Å². The maximum atomic E-state index is 13.4. The number of hydrogen-bond acceptors (Lipinski definition) is 5. The van der Waals surface area contributed by atoms with Gasteiger partial charge in [-0.3, -0.25) is 9.59 Å². The Morgan fingerprint density at radius 3 is 2.42 bits per heavy atom. The van der Waals surface area contributed by atoms with Crippen LogP contribution in [0.3, 0.4) is 0 Å². The second-order valence-corrected chi connectivity index (χ2v) is 7.82. The molecule has 166 valence electrons. The van der Waals surface area contributed by atoms with E-state index >= 15 is 0 Å². The summed E-state index contributed by atoms with van der Waals surface area (Å²) in [6.07, 6.45) is 0.897. The first-order chi connectivity index (χ1) is 14.9. The van der Waals surface area contributed by atoms with E-state index in [0.29, 0.717) is 31.5 Å². The third kappa shape index (κ3) is 5.06. The number of ether oxygens (including phenoxy) is 3. The first-order valence-corrected chi connectivity index (χ1v) is 10.3. The summed E-state index contributed by atoms with van der Waals surface area (Å²) in [6.45, 7) is 2.19. The lowest BCUT2D eigenvalue weighted by atomic mass is 9.96. The molecule has 2 amide bonds. The molecule has 0 saturated carbocycles. The van der Waals surface area contributed by atoms with Gasteiger partial charge in [-0.25, -0.2) is 0 Å². The van der Waals surface area contributed by atoms with Crippen LogP contribution < -0.4 is 10.1 Å². The standard InChI is InChI=1S/C24H30N2O5/c1-24(14-13-21(27)26(24)16-17-9-11-19(29-2)12-10-17)23(28)25-20-8-6-5-7-18(20)15-22(30-3)31-4/h5-12,22H,13-16H2,1-4H3,(H,25,28). The Hall–Kier alpha value is -2.90. The van der Waals surface area contributed by atoms with Crippen molar-refractivity contribution in [2.24, 2.45) is 0 Å². The minimum absolute atomic E-state index is 0.0272. The van der Waals surface area contributed by atoms with Gasteiger partial charge < -0.3 is 24.4 Å². The molecule has 1 fully saturated rings. The summed E-state index contributed by atoms with van der Waals surface area (Å²) >= 11 is 0. The molecule has 1 saturated heterocycles. The number of para-hydroxylation sites is 1. The second-order valence-electron chi connectivity index (χ2n) is 7.82. The highest BCUT2D eigenvalue weighted by Gasteiger charge is 2.47. The fourth-order valence-electron chi connectivity index (χ4n) is 3.83. The highest BCUT2D eigenvalue weighted by atomic mass is 16.7. The van der Waals surface area contributed by atoms with Gasteiger partial charge in [0.25, 0.3) is 0 Å². The van der Waals surface area contributed by atoms with Gasteiger partial charge in [-0.1, -0.05) is 30.3 Å². The van der Waals surface area contributed by atoms with Crippen molar-refractivity contribution in [1.82, 2.24) is 4.90 Å². The third-order valence-corrected chi connectivity index (χ3v) is 5.89. The molecular weight excluding hydrogens is 396 g/mol. The molecule has 1 aliphatic heterocycles. The number of benzene rings is 2. The Kier molecular flexibility index (Phi) is 7.30. The molecule has 0 radical (unpaired) electrons. The summed E-state index contributed by atoms with van der Waals surface area (Å²) in [5, 5.41) is 3.04. The molecule has 2 aromatic carbocycles. The van der Waals surface area contributed by atoms with Gasteiger partial charge in [-0.2, -0.15) is 0 Å². The van der Waals surface area contributed by atoms with E-state index in [9.17, 15) is 9.59 Å². The summed E-state index contributed by atoms with van der Waals surface area (Å²) in [4.78, 5) is 27.7. The fourth-order valence-corrected chi connectivity index (χ4v) is 3.83. The van der Waals surface area contributed by atoms with E-state index < -0.39 is 11.8 Å². The quantitative estimate of drug-likeness (QED) is 0.622. The van der Waals surface area contributed by atoms with E-state index in [-0.39, 0.29) is 11.8 Å². The summed E-state index contributed by atoms with van der Waals surface area (Å²) in [5.41, 5.74) is 1.60. The van der Waals surface area contributed by atoms with Crippen molar-refractivity contribution in [3.05, 3.63) is 59.7 Å². The number of carbonyl (C=O) groups excluding carboxylic acids is 2. The van der Waals surface area contributed by atoms with Crippen LogP contribution >= 0.6 is 0 Å². The van der Waals surface area contributed by atoms with Gasteiger partial charge in [0.1, 0.15) is 11.3 Å². The molecule has 1 N–H and O–H groups in total. The van der Waals surface area contributed by atoms with Crippen LogP contribution in [0.5, 0.6) is 5.75 Å². The van der Waals surface area contributed by atoms with Crippen LogP contribution in [0.1, 0.15) is 30.9 Å². The molecule has 0 aliphatic carbocycles. The maximum Gasteiger partial charge on any atom is 0.250 e. The Labute approximate surface area is 183 Å². The molecular formula is C24H30N2O5. The first kappa shape index (κ1) is 22.8. The van der Waals surface area contributed by atoms with E-state index in [4.69, 9.17) is 14.2 Å². The maximum absolute atomic E-state index is 13.4. The van der Waals surface area contributed by atoms with Crippen LogP contribution in [-0.4, -0.2) is 49.9 Å². The lowest BCUT2D eigenvalue weighted by Gasteiger charge is -2.34. The molecule has 3 rings (SSSR count). The average molecular weight is 427 g/mol. The molecule has 31 heavy (non-hydrogen) atoms. The zero-order valence-corrected chi connectivity index (χ0v) is 18.5. The second kappa shape index (κ2) is 9.94. The highest BCUT2D eigenvalue weighted by Crippen LogP contribution is 2.33. The summed E-state index contributed by atoms with van der Waals surface area (Å²) in [5.74, 6) is 0.519. The molecule has 0 bridgehead atoms. The molecule has 2 aromatic rings. The van der Waals surface area contributed by atoms with Crippen molar-refractivity contribution < 1.29 is 23.8 Å². The van der Waals surface area contributed by atoms with E-state index in [1.54, 1.807) is 26.2 Å². The number of carbonyl (C=O) groups is 2. The van der Waals surface area contributed by atoms with Gasteiger partial charge in [0.05, 0.1) is 7.11 Å². The molecule has 0 aromatic heterocycles. The highest BCUT2D eigenvalue weighted by molar-refractivity contribution is 6.02. The summed E-state index contributed by atoms with van der Waals surface area (Å²) in [7, 11) is 4.77. The van der Waals surface area contributed by atoms with Gasteiger partial charge in [-0.15, -0.1) is 0 Å². The van der Waals surface area contributed by atoms with Crippen LogP contribution in [0.2, 0.25) is 0 Å². The monoisotopic (exact) mass is 426 g/mol. The fraction of sp³-hybridized carbons (Fsp3) is 0.417. The van der Waals surface area contributed by atoms with Crippen molar-refractivity contribution in [3.8, 4) is 5.75 Å². The predicted octanol–water partition coefficient (Wildman–Crippen LogP) is 3.38. The van der Waals surface area contributed by atoms with E-state index in [1.807, 2.05) is 55.5 Å². The van der Waals surface area contributed by atoms with Gasteiger partial charge >= 0.3 is 0 Å². The lowest BCUT2D eigenvalue weighted by Crippen LogP contribution is -2.51. The van der Waals surface area contributed by atoms with E-state index in [2.05, 4.69) is 5.32 Å². The Morgan fingerprint density at radius 2 is 1.77 bits per heavy atom. The largest absolute Gasteiger partial charge is 0.497 e. The number of anilines is 1. The SMILES string of the molecule is COc1ccc(CN2C(=O)CCC2(C)C(=O)Nc2ccccc2CC(OC)OC)cc1. The van der Waals surface area contributed by atoms with Crippen LogP contribution in [0, 0.1) is 0 Å². The van der Waals surface area contributed by atoms with Crippen LogP contribution in [0.4, 0.5) is 5.69 Å². The topological polar surface area (TPSA) is 77.1 Å². The number of nitrogens with one attached hydrogen (secondary N) is 1. The Balaban J connectivity index is 1.78.